The molecule has 0 bridgehead atoms. The van der Waals surface area contributed by atoms with Gasteiger partial charge in [0.15, 0.2) is 0 Å². The van der Waals surface area contributed by atoms with Gasteiger partial charge in [-0.3, -0.25) is 4.79 Å². The fourth-order valence-corrected chi connectivity index (χ4v) is 2.47. The molecule has 0 N–H and O–H groups in total. The van der Waals surface area contributed by atoms with Gasteiger partial charge >= 0.3 is 5.97 Å². The Morgan fingerprint density at radius 1 is 1.29 bits per heavy atom. The number of thioether (sulfide) groups is 1. The average molecular weight is 218 g/mol. The van der Waals surface area contributed by atoms with Gasteiger partial charge in [-0.25, -0.2) is 0 Å². The summed E-state index contributed by atoms with van der Waals surface area (Å²) in [5, 5.41) is 0.0616. The molecule has 0 rings (SSSR count). The second kappa shape index (κ2) is 9.38. The van der Waals surface area contributed by atoms with Crippen molar-refractivity contribution < 1.29 is 9.53 Å². The van der Waals surface area contributed by atoms with Gasteiger partial charge in [-0.2, -0.15) is 0 Å². The summed E-state index contributed by atoms with van der Waals surface area (Å²) < 4.78 is 4.78. The average Bonchev–Trinajstić information content (AvgIpc) is 2.22. The highest BCUT2D eigenvalue weighted by molar-refractivity contribution is 8.00. The molecule has 0 radical (unpaired) electrons. The minimum absolute atomic E-state index is 0.0560. The van der Waals surface area contributed by atoms with Gasteiger partial charge in [0.1, 0.15) is 5.25 Å². The summed E-state index contributed by atoms with van der Waals surface area (Å²) in [6.45, 7) is 4.31. The molecule has 0 aliphatic heterocycles. The van der Waals surface area contributed by atoms with Crippen LogP contribution in [-0.4, -0.2) is 24.1 Å². The van der Waals surface area contributed by atoms with Crippen LogP contribution in [0.3, 0.4) is 0 Å². The van der Waals surface area contributed by atoms with Crippen LogP contribution in [0.4, 0.5) is 0 Å². The summed E-state index contributed by atoms with van der Waals surface area (Å²) in [7, 11) is 1.47. The number of unbranched alkanes of at least 4 members (excludes halogenated alkanes) is 2. The second-order valence-electron chi connectivity index (χ2n) is 3.38. The first-order valence-corrected chi connectivity index (χ1v) is 6.50. The Morgan fingerprint density at radius 2 is 1.93 bits per heavy atom. The van der Waals surface area contributed by atoms with Crippen LogP contribution < -0.4 is 0 Å². The van der Waals surface area contributed by atoms with Crippen LogP contribution in [0.15, 0.2) is 0 Å². The highest BCUT2D eigenvalue weighted by atomic mass is 32.2. The number of esters is 1. The maximum Gasteiger partial charge on any atom is 0.318 e. The van der Waals surface area contributed by atoms with E-state index in [1.165, 1.54) is 20.0 Å². The zero-order valence-corrected chi connectivity index (χ0v) is 10.4. The number of hydrogen-bond donors (Lipinski definition) is 0. The molecule has 0 saturated carbocycles. The van der Waals surface area contributed by atoms with Gasteiger partial charge in [0.05, 0.1) is 7.11 Å². The molecular weight excluding hydrogens is 196 g/mol. The fourth-order valence-electron chi connectivity index (χ4n) is 1.16. The maximum atomic E-state index is 11.4. The SMILES string of the molecule is CCCCSC(CCCC)C(=O)OC. The fraction of sp³-hybridized carbons (Fsp3) is 0.909. The van der Waals surface area contributed by atoms with Crippen LogP contribution in [0.2, 0.25) is 0 Å². The van der Waals surface area contributed by atoms with Crippen LogP contribution in [0.5, 0.6) is 0 Å². The Kier molecular flexibility index (Phi) is 9.26. The highest BCUT2D eigenvalue weighted by Gasteiger charge is 2.18. The normalized spacial score (nSPS) is 12.5. The standard InChI is InChI=1S/C11H22O2S/c1-4-6-8-10(11(12)13-3)14-9-7-5-2/h10H,4-9H2,1-3H3. The van der Waals surface area contributed by atoms with Crippen molar-refractivity contribution in [2.45, 2.75) is 51.2 Å². The molecule has 1 unspecified atom stereocenters. The topological polar surface area (TPSA) is 26.3 Å². The highest BCUT2D eigenvalue weighted by Crippen LogP contribution is 2.20. The Morgan fingerprint density at radius 3 is 2.43 bits per heavy atom. The monoisotopic (exact) mass is 218 g/mol. The number of hydrogen-bond acceptors (Lipinski definition) is 3. The molecular formula is C11H22O2S. The third-order valence-corrected chi connectivity index (χ3v) is 3.46. The summed E-state index contributed by atoms with van der Waals surface area (Å²) in [5.74, 6) is 1.01. The lowest BCUT2D eigenvalue weighted by molar-refractivity contribution is -0.140. The molecule has 14 heavy (non-hydrogen) atoms. The molecule has 84 valence electrons. The zero-order valence-electron chi connectivity index (χ0n) is 9.54. The largest absolute Gasteiger partial charge is 0.468 e. The summed E-state index contributed by atoms with van der Waals surface area (Å²) in [6.07, 6.45) is 5.58. The van der Waals surface area contributed by atoms with Gasteiger partial charge < -0.3 is 4.74 Å². The van der Waals surface area contributed by atoms with E-state index in [4.69, 9.17) is 4.74 Å². The van der Waals surface area contributed by atoms with Crippen molar-refractivity contribution in [3.05, 3.63) is 0 Å². The molecule has 0 aromatic carbocycles. The number of carbonyl (C=O) groups excluding carboxylic acids is 1. The number of methoxy groups -OCH3 is 1. The molecule has 1 atom stereocenters. The van der Waals surface area contributed by atoms with Gasteiger partial charge in [-0.15, -0.1) is 11.8 Å². The first-order valence-electron chi connectivity index (χ1n) is 5.45. The lowest BCUT2D eigenvalue weighted by Crippen LogP contribution is -2.19. The zero-order chi connectivity index (χ0) is 10.8. The maximum absolute atomic E-state index is 11.4. The summed E-state index contributed by atoms with van der Waals surface area (Å²) in [6, 6.07) is 0. The predicted octanol–water partition coefficient (Wildman–Crippen LogP) is 3.25. The van der Waals surface area contributed by atoms with Gasteiger partial charge in [-0.05, 0) is 18.6 Å². The smallest absolute Gasteiger partial charge is 0.318 e. The molecule has 3 heteroatoms. The van der Waals surface area contributed by atoms with E-state index in [2.05, 4.69) is 13.8 Å². The van der Waals surface area contributed by atoms with Gasteiger partial charge in [-0.1, -0.05) is 33.1 Å². The van der Waals surface area contributed by atoms with Crippen LogP contribution in [0, 0.1) is 0 Å². The third-order valence-electron chi connectivity index (χ3n) is 2.10. The number of ether oxygens (including phenoxy) is 1. The Labute approximate surface area is 91.8 Å². The van der Waals surface area contributed by atoms with E-state index in [9.17, 15) is 4.79 Å². The van der Waals surface area contributed by atoms with Crippen molar-refractivity contribution in [2.24, 2.45) is 0 Å². The van der Waals surface area contributed by atoms with Gasteiger partial charge in [0, 0.05) is 0 Å². The van der Waals surface area contributed by atoms with Crippen LogP contribution >= 0.6 is 11.8 Å². The van der Waals surface area contributed by atoms with Crippen LogP contribution in [-0.2, 0) is 9.53 Å². The quantitative estimate of drug-likeness (QED) is 0.462. The molecule has 0 aromatic heterocycles. The van der Waals surface area contributed by atoms with E-state index >= 15 is 0 Å². The van der Waals surface area contributed by atoms with Crippen molar-refractivity contribution in [2.75, 3.05) is 12.9 Å². The minimum Gasteiger partial charge on any atom is -0.468 e. The van der Waals surface area contributed by atoms with Crippen LogP contribution in [0.25, 0.3) is 0 Å². The molecule has 0 aliphatic rings. The predicted molar refractivity (Wildman–Crippen MR) is 62.7 cm³/mol. The van der Waals surface area contributed by atoms with Gasteiger partial charge in [0.25, 0.3) is 0 Å². The number of rotatable bonds is 8. The van der Waals surface area contributed by atoms with E-state index in [0.717, 1.165) is 25.0 Å². The Hall–Kier alpha value is -0.180. The first-order chi connectivity index (χ1) is 6.76. The summed E-state index contributed by atoms with van der Waals surface area (Å²) in [5.41, 5.74) is 0. The van der Waals surface area contributed by atoms with E-state index in [1.54, 1.807) is 11.8 Å². The lowest BCUT2D eigenvalue weighted by Gasteiger charge is -2.13. The Bertz CT molecular complexity index is 148. The van der Waals surface area contributed by atoms with Gasteiger partial charge in [0.2, 0.25) is 0 Å². The minimum atomic E-state index is -0.0560. The van der Waals surface area contributed by atoms with Crippen molar-refractivity contribution in [1.29, 1.82) is 0 Å². The molecule has 0 aromatic rings. The lowest BCUT2D eigenvalue weighted by atomic mass is 10.2. The van der Waals surface area contributed by atoms with Crippen molar-refractivity contribution in [1.82, 2.24) is 0 Å². The van der Waals surface area contributed by atoms with E-state index < -0.39 is 0 Å². The molecule has 0 saturated heterocycles. The second-order valence-corrected chi connectivity index (χ2v) is 4.69. The molecule has 0 aliphatic carbocycles. The van der Waals surface area contributed by atoms with Crippen LogP contribution in [0.1, 0.15) is 46.0 Å². The molecule has 0 amide bonds. The van der Waals surface area contributed by atoms with Crippen molar-refractivity contribution in [3.63, 3.8) is 0 Å². The molecule has 0 spiro atoms. The molecule has 0 heterocycles. The third kappa shape index (κ3) is 6.30. The van der Waals surface area contributed by atoms with Crippen molar-refractivity contribution >= 4 is 17.7 Å². The van der Waals surface area contributed by atoms with E-state index in [0.29, 0.717) is 0 Å². The summed E-state index contributed by atoms with van der Waals surface area (Å²) >= 11 is 1.74. The molecule has 0 fully saturated rings. The number of carbonyl (C=O) groups is 1. The van der Waals surface area contributed by atoms with Crippen molar-refractivity contribution in [3.8, 4) is 0 Å². The first kappa shape index (κ1) is 13.8. The molecule has 2 nitrogen and oxygen atoms in total. The Balaban J connectivity index is 3.78. The summed E-state index contributed by atoms with van der Waals surface area (Å²) in [4.78, 5) is 11.4. The van der Waals surface area contributed by atoms with E-state index in [-0.39, 0.29) is 11.2 Å². The van der Waals surface area contributed by atoms with E-state index in [1.807, 2.05) is 0 Å².